The number of aliphatic imine (C=N–C) groups is 2. The van der Waals surface area contributed by atoms with Crippen LogP contribution in [-0.2, 0) is 10.2 Å². The minimum Gasteiger partial charge on any atom is -0.345 e. The summed E-state index contributed by atoms with van der Waals surface area (Å²) in [5.74, 6) is 0.355. The van der Waals surface area contributed by atoms with Crippen LogP contribution in [-0.4, -0.2) is 47.1 Å². The van der Waals surface area contributed by atoms with E-state index in [4.69, 9.17) is 4.99 Å². The van der Waals surface area contributed by atoms with E-state index in [1.165, 1.54) is 12.0 Å². The molecule has 0 saturated heterocycles. The van der Waals surface area contributed by atoms with E-state index in [2.05, 4.69) is 77.4 Å². The minimum absolute atomic E-state index is 0.0113. The van der Waals surface area contributed by atoms with Gasteiger partial charge in [0.2, 0.25) is 0 Å². The lowest BCUT2D eigenvalue weighted by Gasteiger charge is -2.44. The van der Waals surface area contributed by atoms with Crippen LogP contribution in [0.5, 0.6) is 0 Å². The lowest BCUT2D eigenvalue weighted by Crippen LogP contribution is -2.50. The van der Waals surface area contributed by atoms with E-state index >= 15 is 0 Å². The standard InChI is InChI=1S/C32H40N6O2/c1-5-9-26(22-10-12-24(13-11-22)29(39)33-20-27-34-21-35-37-27)38-30(40)28(36-32(38)18-7-6-8-19-32)23-14-16-25(17-15-23)31(2,3)4/h10-17,26H,5-9,18-21H2,1-4H3,(H,33,39). The Labute approximate surface area is 237 Å². The van der Waals surface area contributed by atoms with E-state index in [0.717, 1.165) is 49.7 Å². The molecule has 5 rings (SSSR count). The van der Waals surface area contributed by atoms with Crippen molar-refractivity contribution in [2.75, 3.05) is 13.2 Å². The van der Waals surface area contributed by atoms with Gasteiger partial charge in [0.15, 0.2) is 12.5 Å². The van der Waals surface area contributed by atoms with Gasteiger partial charge < -0.3 is 10.2 Å². The lowest BCUT2D eigenvalue weighted by atomic mass is 9.86. The number of nitrogens with one attached hydrogen (secondary N) is 1. The molecule has 0 bridgehead atoms. The molecule has 2 aromatic carbocycles. The van der Waals surface area contributed by atoms with E-state index in [1.807, 2.05) is 24.3 Å². The zero-order chi connectivity index (χ0) is 28.3. The van der Waals surface area contributed by atoms with Gasteiger partial charge >= 0.3 is 0 Å². The second kappa shape index (κ2) is 11.4. The normalized spacial score (nSPS) is 19.1. The Morgan fingerprint density at radius 3 is 2.33 bits per heavy atom. The summed E-state index contributed by atoms with van der Waals surface area (Å²) in [6.45, 7) is 9.31. The number of carbonyl (C=O) groups is 2. The van der Waals surface area contributed by atoms with Crippen molar-refractivity contribution in [3.05, 3.63) is 70.8 Å². The maximum atomic E-state index is 14.2. The first kappa shape index (κ1) is 27.9. The average molecular weight is 541 g/mol. The van der Waals surface area contributed by atoms with E-state index in [-0.39, 0.29) is 29.8 Å². The van der Waals surface area contributed by atoms with Crippen molar-refractivity contribution in [3.63, 3.8) is 0 Å². The van der Waals surface area contributed by atoms with Crippen molar-refractivity contribution in [1.82, 2.24) is 10.2 Å². The van der Waals surface area contributed by atoms with Crippen molar-refractivity contribution >= 4 is 23.4 Å². The number of amidine groups is 1. The van der Waals surface area contributed by atoms with Crippen molar-refractivity contribution in [3.8, 4) is 0 Å². The van der Waals surface area contributed by atoms with E-state index in [0.29, 0.717) is 23.8 Å². The number of hydrogen-bond donors (Lipinski definition) is 1. The summed E-state index contributed by atoms with van der Waals surface area (Å²) in [7, 11) is 0. The molecule has 0 aromatic heterocycles. The molecule has 40 heavy (non-hydrogen) atoms. The highest BCUT2D eigenvalue weighted by Crippen LogP contribution is 2.45. The zero-order valence-corrected chi connectivity index (χ0v) is 24.1. The van der Waals surface area contributed by atoms with Crippen LogP contribution in [0.25, 0.3) is 0 Å². The second-order valence-electron chi connectivity index (χ2n) is 12.1. The van der Waals surface area contributed by atoms with Gasteiger partial charge in [0, 0.05) is 11.1 Å². The van der Waals surface area contributed by atoms with Crippen LogP contribution in [0.4, 0.5) is 0 Å². The molecule has 1 spiro atoms. The lowest BCUT2D eigenvalue weighted by molar-refractivity contribution is -0.132. The summed E-state index contributed by atoms with van der Waals surface area (Å²) in [5.41, 5.74) is 3.82. The molecular formula is C32H40N6O2. The quantitative estimate of drug-likeness (QED) is 0.421. The monoisotopic (exact) mass is 540 g/mol. The molecule has 2 heterocycles. The van der Waals surface area contributed by atoms with Gasteiger partial charge in [-0.3, -0.25) is 14.6 Å². The zero-order valence-electron chi connectivity index (χ0n) is 24.1. The van der Waals surface area contributed by atoms with Crippen molar-refractivity contribution in [1.29, 1.82) is 0 Å². The maximum Gasteiger partial charge on any atom is 0.275 e. The second-order valence-corrected chi connectivity index (χ2v) is 12.1. The van der Waals surface area contributed by atoms with Crippen LogP contribution in [0.3, 0.4) is 0 Å². The van der Waals surface area contributed by atoms with Gasteiger partial charge in [-0.2, -0.15) is 5.11 Å². The summed E-state index contributed by atoms with van der Waals surface area (Å²) in [6, 6.07) is 15.9. The number of rotatable bonds is 8. The number of nitrogens with zero attached hydrogens (tertiary/aromatic N) is 5. The number of benzene rings is 2. The molecule has 8 heteroatoms. The summed E-state index contributed by atoms with van der Waals surface area (Å²) in [5, 5.41) is 10.6. The van der Waals surface area contributed by atoms with Crippen molar-refractivity contribution in [2.45, 2.75) is 89.8 Å². The van der Waals surface area contributed by atoms with Crippen LogP contribution >= 0.6 is 0 Å². The molecule has 1 aliphatic carbocycles. The van der Waals surface area contributed by atoms with Crippen LogP contribution in [0.15, 0.2) is 68.7 Å². The van der Waals surface area contributed by atoms with Gasteiger partial charge in [-0.05, 0) is 60.8 Å². The Bertz CT molecular complexity index is 1330. The Kier molecular flexibility index (Phi) is 7.97. The van der Waals surface area contributed by atoms with E-state index in [9.17, 15) is 9.59 Å². The number of carbonyl (C=O) groups excluding carboxylic acids is 2. The Morgan fingerprint density at radius 1 is 1.02 bits per heavy atom. The molecule has 0 radical (unpaired) electrons. The van der Waals surface area contributed by atoms with Gasteiger partial charge in [-0.25, -0.2) is 4.99 Å². The van der Waals surface area contributed by atoms with Crippen LogP contribution in [0.1, 0.15) is 106 Å². The first-order valence-corrected chi connectivity index (χ1v) is 14.6. The fourth-order valence-corrected chi connectivity index (χ4v) is 6.02. The van der Waals surface area contributed by atoms with Crippen molar-refractivity contribution in [2.24, 2.45) is 20.2 Å². The van der Waals surface area contributed by atoms with Gasteiger partial charge in [0.1, 0.15) is 11.4 Å². The third kappa shape index (κ3) is 5.62. The highest BCUT2D eigenvalue weighted by molar-refractivity contribution is 6.46. The summed E-state index contributed by atoms with van der Waals surface area (Å²) in [4.78, 5) is 38.4. The predicted octanol–water partition coefficient (Wildman–Crippen LogP) is 6.37. The number of hydrogen-bond acceptors (Lipinski definition) is 6. The molecule has 210 valence electrons. The molecule has 2 aromatic rings. The topological polar surface area (TPSA) is 98.9 Å². The Morgan fingerprint density at radius 2 is 1.73 bits per heavy atom. The van der Waals surface area contributed by atoms with Crippen LogP contribution in [0, 0.1) is 0 Å². The molecule has 1 saturated carbocycles. The molecule has 1 unspecified atom stereocenters. The van der Waals surface area contributed by atoms with Crippen LogP contribution in [0.2, 0.25) is 0 Å². The SMILES string of the molecule is CCCC(c1ccc(C(=O)NCC2=NCN=N2)cc1)N1C(=O)C(c2ccc(C(C)(C)C)cc2)=NC12CCCCC2. The largest absolute Gasteiger partial charge is 0.345 e. The average Bonchev–Trinajstić information content (AvgIpc) is 3.57. The Hall–Kier alpha value is -3.68. The fraction of sp³-hybridized carbons (Fsp3) is 0.500. The molecule has 2 aliphatic heterocycles. The highest BCUT2D eigenvalue weighted by Gasteiger charge is 2.50. The molecule has 3 aliphatic rings. The predicted molar refractivity (Wildman–Crippen MR) is 158 cm³/mol. The Balaban J connectivity index is 1.42. The number of amides is 2. The van der Waals surface area contributed by atoms with Gasteiger partial charge in [-0.1, -0.05) is 76.9 Å². The minimum atomic E-state index is -0.514. The molecule has 1 N–H and O–H groups in total. The number of azo groups is 1. The molecule has 1 fully saturated rings. The smallest absolute Gasteiger partial charge is 0.275 e. The summed E-state index contributed by atoms with van der Waals surface area (Å²) >= 11 is 0. The molecular weight excluding hydrogens is 500 g/mol. The summed E-state index contributed by atoms with van der Waals surface area (Å²) < 4.78 is 0. The van der Waals surface area contributed by atoms with E-state index < -0.39 is 5.66 Å². The van der Waals surface area contributed by atoms with Crippen molar-refractivity contribution < 1.29 is 9.59 Å². The molecule has 2 amide bonds. The first-order valence-electron chi connectivity index (χ1n) is 14.6. The van der Waals surface area contributed by atoms with Gasteiger partial charge in [0.25, 0.3) is 11.8 Å². The van der Waals surface area contributed by atoms with Gasteiger partial charge in [-0.15, -0.1) is 5.11 Å². The van der Waals surface area contributed by atoms with E-state index in [1.54, 1.807) is 0 Å². The van der Waals surface area contributed by atoms with Crippen LogP contribution < -0.4 is 5.32 Å². The molecule has 8 nitrogen and oxygen atoms in total. The fourth-order valence-electron chi connectivity index (χ4n) is 6.02. The third-order valence-corrected chi connectivity index (χ3v) is 8.21. The van der Waals surface area contributed by atoms with Gasteiger partial charge in [0.05, 0.1) is 12.6 Å². The maximum absolute atomic E-state index is 14.2. The molecule has 1 atom stereocenters. The highest BCUT2D eigenvalue weighted by atomic mass is 16.2. The summed E-state index contributed by atoms with van der Waals surface area (Å²) in [6.07, 6.45) is 6.81. The third-order valence-electron chi connectivity index (χ3n) is 8.21. The first-order chi connectivity index (χ1) is 19.2.